The Labute approximate surface area is 97.8 Å². The van der Waals surface area contributed by atoms with E-state index in [-0.39, 0.29) is 5.69 Å². The maximum absolute atomic E-state index is 12.6. The Hall–Kier alpha value is -2.11. The minimum Gasteiger partial charge on any atom is -0.402 e. The first-order chi connectivity index (χ1) is 8.24. The summed E-state index contributed by atoms with van der Waals surface area (Å²) in [5.41, 5.74) is 3.95. The standard InChI is InChI=1S/C9H6F5N3O/c10-7(11)4-3-6(18-9(12,13)14)8(16)17-5(4)1-2-15/h3,7H,1H2,(H2,16,17). The summed E-state index contributed by atoms with van der Waals surface area (Å²) in [5.74, 6) is -1.72. The average Bonchev–Trinajstić information content (AvgIpc) is 2.20. The maximum atomic E-state index is 12.6. The first-order valence-corrected chi connectivity index (χ1v) is 4.44. The molecule has 0 fully saturated rings. The Kier molecular flexibility index (Phi) is 3.90. The second-order valence-electron chi connectivity index (χ2n) is 3.09. The van der Waals surface area contributed by atoms with Gasteiger partial charge in [-0.15, -0.1) is 13.2 Å². The lowest BCUT2D eigenvalue weighted by Crippen LogP contribution is -2.19. The normalized spacial score (nSPS) is 11.4. The van der Waals surface area contributed by atoms with Crippen LogP contribution in [0.3, 0.4) is 0 Å². The van der Waals surface area contributed by atoms with E-state index in [1.165, 1.54) is 0 Å². The number of alkyl halides is 5. The highest BCUT2D eigenvalue weighted by Crippen LogP contribution is 2.33. The molecule has 0 spiro atoms. The number of nitrogens with two attached hydrogens (primary N) is 1. The summed E-state index contributed by atoms with van der Waals surface area (Å²) in [6.45, 7) is 0. The molecule has 1 heterocycles. The van der Waals surface area contributed by atoms with Crippen LogP contribution in [0.25, 0.3) is 0 Å². The quantitative estimate of drug-likeness (QED) is 0.854. The molecular weight excluding hydrogens is 261 g/mol. The summed E-state index contributed by atoms with van der Waals surface area (Å²) in [7, 11) is 0. The van der Waals surface area contributed by atoms with Gasteiger partial charge in [0.15, 0.2) is 11.6 Å². The van der Waals surface area contributed by atoms with Crippen LogP contribution in [-0.4, -0.2) is 11.3 Å². The number of rotatable bonds is 3. The highest BCUT2D eigenvalue weighted by Gasteiger charge is 2.33. The number of hydrogen-bond acceptors (Lipinski definition) is 4. The van der Waals surface area contributed by atoms with Gasteiger partial charge in [-0.25, -0.2) is 13.8 Å². The molecule has 0 aliphatic rings. The molecule has 0 aromatic carbocycles. The molecule has 0 radical (unpaired) electrons. The topological polar surface area (TPSA) is 71.9 Å². The molecular formula is C9H6F5N3O. The number of anilines is 1. The second-order valence-corrected chi connectivity index (χ2v) is 3.09. The fourth-order valence-corrected chi connectivity index (χ4v) is 1.18. The van der Waals surface area contributed by atoms with E-state index >= 15 is 0 Å². The van der Waals surface area contributed by atoms with Gasteiger partial charge < -0.3 is 10.5 Å². The van der Waals surface area contributed by atoms with Crippen molar-refractivity contribution in [1.82, 2.24) is 4.98 Å². The molecule has 4 nitrogen and oxygen atoms in total. The van der Waals surface area contributed by atoms with Crippen LogP contribution < -0.4 is 10.5 Å². The molecule has 1 rings (SSSR count). The number of aromatic nitrogens is 1. The lowest BCUT2D eigenvalue weighted by molar-refractivity contribution is -0.274. The smallest absolute Gasteiger partial charge is 0.402 e. The SMILES string of the molecule is N#CCc1nc(N)c(OC(F)(F)F)cc1C(F)F. The van der Waals surface area contributed by atoms with Crippen LogP contribution in [0.15, 0.2) is 6.07 Å². The van der Waals surface area contributed by atoms with Crippen molar-refractivity contribution >= 4 is 5.82 Å². The van der Waals surface area contributed by atoms with Crippen LogP contribution in [0, 0.1) is 11.3 Å². The predicted octanol–water partition coefficient (Wildman–Crippen LogP) is 2.57. The second kappa shape index (κ2) is 5.03. The van der Waals surface area contributed by atoms with E-state index in [0.717, 1.165) is 0 Å². The number of nitrogen functional groups attached to an aromatic ring is 1. The molecule has 0 aliphatic heterocycles. The third-order valence-electron chi connectivity index (χ3n) is 1.83. The van der Waals surface area contributed by atoms with Gasteiger partial charge in [-0.1, -0.05) is 0 Å². The Morgan fingerprint density at radius 2 is 2.06 bits per heavy atom. The van der Waals surface area contributed by atoms with Gasteiger partial charge in [-0.05, 0) is 6.07 Å². The van der Waals surface area contributed by atoms with Crippen LogP contribution in [0.4, 0.5) is 27.8 Å². The largest absolute Gasteiger partial charge is 0.573 e. The lowest BCUT2D eigenvalue weighted by Gasteiger charge is -2.13. The minimum atomic E-state index is -5.06. The summed E-state index contributed by atoms with van der Waals surface area (Å²) in [4.78, 5) is 3.32. The van der Waals surface area contributed by atoms with Crippen molar-refractivity contribution in [2.45, 2.75) is 19.2 Å². The number of pyridine rings is 1. The number of halogens is 5. The third kappa shape index (κ3) is 3.44. The zero-order valence-electron chi connectivity index (χ0n) is 8.63. The van der Waals surface area contributed by atoms with Gasteiger partial charge in [0.2, 0.25) is 0 Å². The van der Waals surface area contributed by atoms with Gasteiger partial charge in [0, 0.05) is 5.56 Å². The fraction of sp³-hybridized carbons (Fsp3) is 0.333. The molecule has 9 heteroatoms. The lowest BCUT2D eigenvalue weighted by atomic mass is 10.1. The van der Waals surface area contributed by atoms with Gasteiger partial charge in [0.1, 0.15) is 0 Å². The molecule has 0 saturated heterocycles. The van der Waals surface area contributed by atoms with E-state index in [1.807, 2.05) is 0 Å². The highest BCUT2D eigenvalue weighted by atomic mass is 19.4. The van der Waals surface area contributed by atoms with Crippen LogP contribution in [0.5, 0.6) is 5.75 Å². The third-order valence-corrected chi connectivity index (χ3v) is 1.83. The van der Waals surface area contributed by atoms with E-state index < -0.39 is 36.3 Å². The van der Waals surface area contributed by atoms with E-state index in [1.54, 1.807) is 6.07 Å². The van der Waals surface area contributed by atoms with Gasteiger partial charge in [-0.2, -0.15) is 5.26 Å². The maximum Gasteiger partial charge on any atom is 0.573 e. The molecule has 1 aromatic heterocycles. The summed E-state index contributed by atoms with van der Waals surface area (Å²) >= 11 is 0. The van der Waals surface area contributed by atoms with Gasteiger partial charge >= 0.3 is 6.36 Å². The Balaban J connectivity index is 3.24. The van der Waals surface area contributed by atoms with E-state index in [2.05, 4.69) is 9.72 Å². The summed E-state index contributed by atoms with van der Waals surface area (Å²) in [5, 5.41) is 8.39. The van der Waals surface area contributed by atoms with Gasteiger partial charge in [0.25, 0.3) is 6.43 Å². The highest BCUT2D eigenvalue weighted by molar-refractivity contribution is 5.50. The summed E-state index contributed by atoms with van der Waals surface area (Å²) in [6.07, 6.45) is -8.64. The Bertz CT molecular complexity index is 480. The van der Waals surface area contributed by atoms with E-state index in [0.29, 0.717) is 6.07 Å². The van der Waals surface area contributed by atoms with Crippen molar-refractivity contribution in [2.24, 2.45) is 0 Å². The number of hydrogen-bond donors (Lipinski definition) is 1. The summed E-state index contributed by atoms with van der Waals surface area (Å²) in [6, 6.07) is 2.00. The van der Waals surface area contributed by atoms with Crippen molar-refractivity contribution in [3.05, 3.63) is 17.3 Å². The van der Waals surface area contributed by atoms with Gasteiger partial charge in [0.05, 0.1) is 18.2 Å². The molecule has 0 atom stereocenters. The van der Waals surface area contributed by atoms with Crippen LogP contribution in [0.2, 0.25) is 0 Å². The van der Waals surface area contributed by atoms with Crippen molar-refractivity contribution in [1.29, 1.82) is 5.26 Å². The Morgan fingerprint density at radius 3 is 2.50 bits per heavy atom. The zero-order chi connectivity index (χ0) is 13.9. The molecule has 18 heavy (non-hydrogen) atoms. The number of ether oxygens (including phenoxy) is 1. The summed E-state index contributed by atoms with van der Waals surface area (Å²) < 4.78 is 64.5. The molecule has 0 unspecified atom stereocenters. The van der Waals surface area contributed by atoms with Crippen LogP contribution in [0.1, 0.15) is 17.7 Å². The zero-order valence-corrected chi connectivity index (χ0v) is 8.63. The van der Waals surface area contributed by atoms with Crippen molar-refractivity contribution in [2.75, 3.05) is 5.73 Å². The van der Waals surface area contributed by atoms with E-state index in [4.69, 9.17) is 11.0 Å². The van der Waals surface area contributed by atoms with E-state index in [9.17, 15) is 22.0 Å². The molecule has 0 aliphatic carbocycles. The average molecular weight is 267 g/mol. The van der Waals surface area contributed by atoms with Gasteiger partial charge in [-0.3, -0.25) is 0 Å². The molecule has 0 amide bonds. The van der Waals surface area contributed by atoms with Crippen molar-refractivity contribution in [3.63, 3.8) is 0 Å². The van der Waals surface area contributed by atoms with Crippen molar-refractivity contribution < 1.29 is 26.7 Å². The predicted molar refractivity (Wildman–Crippen MR) is 49.6 cm³/mol. The number of nitrogens with zero attached hydrogens (tertiary/aromatic N) is 2. The molecule has 0 bridgehead atoms. The van der Waals surface area contributed by atoms with Crippen LogP contribution in [-0.2, 0) is 6.42 Å². The molecule has 2 N–H and O–H groups in total. The molecule has 1 aromatic rings. The fourth-order valence-electron chi connectivity index (χ4n) is 1.18. The Morgan fingerprint density at radius 1 is 1.44 bits per heavy atom. The minimum absolute atomic E-state index is 0.375. The number of nitriles is 1. The van der Waals surface area contributed by atoms with Crippen LogP contribution >= 0.6 is 0 Å². The van der Waals surface area contributed by atoms with Crippen molar-refractivity contribution in [3.8, 4) is 11.8 Å². The molecule has 98 valence electrons. The first-order valence-electron chi connectivity index (χ1n) is 4.44. The molecule has 0 saturated carbocycles. The monoisotopic (exact) mass is 267 g/mol. The first kappa shape index (κ1) is 14.0.